The van der Waals surface area contributed by atoms with Gasteiger partial charge in [0.05, 0.1) is 6.61 Å². The van der Waals surface area contributed by atoms with Crippen LogP contribution in [-0.4, -0.2) is 22.8 Å². The van der Waals surface area contributed by atoms with Gasteiger partial charge in [0.25, 0.3) is 0 Å². The Morgan fingerprint density at radius 2 is 2.11 bits per heavy atom. The van der Waals surface area contributed by atoms with Gasteiger partial charge in [-0.05, 0) is 36.6 Å². The third kappa shape index (κ3) is 3.80. The number of carboxylic acid groups (broad SMARTS) is 1. The van der Waals surface area contributed by atoms with E-state index in [9.17, 15) is 9.90 Å². The largest absolute Gasteiger partial charge is 0.504 e. The van der Waals surface area contributed by atoms with Crippen LogP contribution in [0.1, 0.15) is 32.3 Å². The van der Waals surface area contributed by atoms with Gasteiger partial charge in [0.2, 0.25) is 0 Å². The molecule has 2 N–H and O–H groups in total. The van der Waals surface area contributed by atoms with Gasteiger partial charge in [-0.3, -0.25) is 0 Å². The highest BCUT2D eigenvalue weighted by Gasteiger charge is 2.08. The molecule has 0 saturated carbocycles. The van der Waals surface area contributed by atoms with Crippen molar-refractivity contribution >= 4 is 11.5 Å². The lowest BCUT2D eigenvalue weighted by atomic mass is 10.0. The van der Waals surface area contributed by atoms with E-state index in [0.29, 0.717) is 18.8 Å². The first-order valence-electron chi connectivity index (χ1n) is 5.98. The summed E-state index contributed by atoms with van der Waals surface area (Å²) in [5.41, 5.74) is 1.49. The van der Waals surface area contributed by atoms with E-state index < -0.39 is 5.97 Å². The third-order valence-electron chi connectivity index (χ3n) is 2.45. The van der Waals surface area contributed by atoms with E-state index in [1.807, 2.05) is 13.8 Å². The molecule has 0 heterocycles. The standard InChI is InChI=1S/C14H18O4/c1-3-5-10(9-14(16)17)11-6-7-12(15)13(8-11)18-4-2/h6-9,15H,3-5H2,1-2H3,(H,16,17). The van der Waals surface area contributed by atoms with Crippen molar-refractivity contribution in [3.05, 3.63) is 29.8 Å². The fourth-order valence-electron chi connectivity index (χ4n) is 1.70. The number of phenols is 1. The summed E-state index contributed by atoms with van der Waals surface area (Å²) in [6.07, 6.45) is 2.72. The number of aliphatic carboxylic acids is 1. The van der Waals surface area contributed by atoms with Gasteiger partial charge >= 0.3 is 5.97 Å². The van der Waals surface area contributed by atoms with Gasteiger partial charge in [0, 0.05) is 6.08 Å². The van der Waals surface area contributed by atoms with Crippen LogP contribution >= 0.6 is 0 Å². The van der Waals surface area contributed by atoms with E-state index in [2.05, 4.69) is 0 Å². The second-order valence-electron chi connectivity index (χ2n) is 3.87. The van der Waals surface area contributed by atoms with Crippen molar-refractivity contribution in [3.8, 4) is 11.5 Å². The summed E-state index contributed by atoms with van der Waals surface area (Å²) >= 11 is 0. The monoisotopic (exact) mass is 250 g/mol. The zero-order chi connectivity index (χ0) is 13.5. The Kier molecular flexibility index (Phi) is 5.24. The van der Waals surface area contributed by atoms with Gasteiger partial charge in [-0.15, -0.1) is 0 Å². The Hall–Kier alpha value is -1.97. The Balaban J connectivity index is 3.12. The van der Waals surface area contributed by atoms with Gasteiger partial charge in [0.15, 0.2) is 11.5 Å². The van der Waals surface area contributed by atoms with Crippen LogP contribution < -0.4 is 4.74 Å². The van der Waals surface area contributed by atoms with Gasteiger partial charge in [-0.2, -0.15) is 0 Å². The average Bonchev–Trinajstić information content (AvgIpc) is 2.31. The van der Waals surface area contributed by atoms with Crippen molar-refractivity contribution in [2.24, 2.45) is 0 Å². The molecule has 0 spiro atoms. The molecule has 0 unspecified atom stereocenters. The van der Waals surface area contributed by atoms with Crippen LogP contribution in [0, 0.1) is 0 Å². The zero-order valence-electron chi connectivity index (χ0n) is 10.6. The average molecular weight is 250 g/mol. The number of ether oxygens (including phenoxy) is 1. The van der Waals surface area contributed by atoms with Crippen LogP contribution in [0.15, 0.2) is 24.3 Å². The zero-order valence-corrected chi connectivity index (χ0v) is 10.6. The van der Waals surface area contributed by atoms with Gasteiger partial charge in [0.1, 0.15) is 0 Å². The molecule has 1 aromatic rings. The normalized spacial score (nSPS) is 11.3. The highest BCUT2D eigenvalue weighted by Crippen LogP contribution is 2.31. The lowest BCUT2D eigenvalue weighted by molar-refractivity contribution is -0.131. The molecule has 0 aliphatic carbocycles. The summed E-state index contributed by atoms with van der Waals surface area (Å²) in [7, 11) is 0. The van der Waals surface area contributed by atoms with E-state index in [0.717, 1.165) is 17.6 Å². The Morgan fingerprint density at radius 3 is 2.67 bits per heavy atom. The first kappa shape index (κ1) is 14.1. The molecule has 0 amide bonds. The molecule has 0 bridgehead atoms. The van der Waals surface area contributed by atoms with Crippen LogP contribution in [0.25, 0.3) is 5.57 Å². The second-order valence-corrected chi connectivity index (χ2v) is 3.87. The molecule has 18 heavy (non-hydrogen) atoms. The Bertz CT molecular complexity index is 449. The van der Waals surface area contributed by atoms with Crippen molar-refractivity contribution in [1.82, 2.24) is 0 Å². The molecule has 0 aliphatic heterocycles. The first-order chi connectivity index (χ1) is 8.58. The van der Waals surface area contributed by atoms with Gasteiger partial charge in [-0.25, -0.2) is 4.79 Å². The molecular weight excluding hydrogens is 232 g/mol. The molecule has 0 aromatic heterocycles. The Labute approximate surface area is 107 Å². The number of allylic oxidation sites excluding steroid dienone is 1. The predicted octanol–water partition coefficient (Wildman–Crippen LogP) is 3.06. The summed E-state index contributed by atoms with van der Waals surface area (Å²) in [6.45, 7) is 4.26. The van der Waals surface area contributed by atoms with Crippen LogP contribution in [0.3, 0.4) is 0 Å². The fraction of sp³-hybridized carbons (Fsp3) is 0.357. The number of carboxylic acids is 1. The van der Waals surface area contributed by atoms with Gasteiger partial charge < -0.3 is 14.9 Å². The Morgan fingerprint density at radius 1 is 1.39 bits per heavy atom. The maximum absolute atomic E-state index is 10.8. The predicted molar refractivity (Wildman–Crippen MR) is 69.8 cm³/mol. The molecule has 0 radical (unpaired) electrons. The van der Waals surface area contributed by atoms with Crippen molar-refractivity contribution < 1.29 is 19.7 Å². The molecule has 1 rings (SSSR count). The van der Waals surface area contributed by atoms with Crippen LogP contribution in [0.5, 0.6) is 11.5 Å². The third-order valence-corrected chi connectivity index (χ3v) is 2.45. The van der Waals surface area contributed by atoms with E-state index in [1.54, 1.807) is 12.1 Å². The molecule has 0 saturated heterocycles. The van der Waals surface area contributed by atoms with Crippen molar-refractivity contribution in [2.75, 3.05) is 6.61 Å². The van der Waals surface area contributed by atoms with Crippen LogP contribution in [0.4, 0.5) is 0 Å². The second kappa shape index (κ2) is 6.69. The minimum atomic E-state index is -0.968. The molecule has 0 fully saturated rings. The van der Waals surface area contributed by atoms with Crippen molar-refractivity contribution in [1.29, 1.82) is 0 Å². The number of rotatable bonds is 6. The summed E-state index contributed by atoms with van der Waals surface area (Å²) in [5, 5.41) is 18.4. The smallest absolute Gasteiger partial charge is 0.328 e. The van der Waals surface area contributed by atoms with E-state index >= 15 is 0 Å². The lowest BCUT2D eigenvalue weighted by Crippen LogP contribution is -1.96. The summed E-state index contributed by atoms with van der Waals surface area (Å²) in [5.74, 6) is -0.529. The number of hydrogen-bond donors (Lipinski definition) is 2. The van der Waals surface area contributed by atoms with E-state index in [-0.39, 0.29) is 5.75 Å². The van der Waals surface area contributed by atoms with E-state index in [1.165, 1.54) is 12.1 Å². The van der Waals surface area contributed by atoms with Crippen LogP contribution in [0.2, 0.25) is 0 Å². The van der Waals surface area contributed by atoms with Crippen molar-refractivity contribution in [3.63, 3.8) is 0 Å². The summed E-state index contributed by atoms with van der Waals surface area (Å²) in [4.78, 5) is 10.8. The minimum Gasteiger partial charge on any atom is -0.504 e. The molecule has 1 aromatic carbocycles. The fourth-order valence-corrected chi connectivity index (χ4v) is 1.70. The molecule has 0 aliphatic rings. The van der Waals surface area contributed by atoms with Crippen molar-refractivity contribution in [2.45, 2.75) is 26.7 Å². The maximum Gasteiger partial charge on any atom is 0.328 e. The quantitative estimate of drug-likeness (QED) is 0.761. The SMILES string of the molecule is CCCC(=CC(=O)O)c1ccc(O)c(OCC)c1. The highest BCUT2D eigenvalue weighted by atomic mass is 16.5. The molecule has 98 valence electrons. The molecule has 0 atom stereocenters. The van der Waals surface area contributed by atoms with Crippen LogP contribution in [-0.2, 0) is 4.79 Å². The minimum absolute atomic E-state index is 0.0618. The van der Waals surface area contributed by atoms with E-state index in [4.69, 9.17) is 9.84 Å². The molecule has 4 nitrogen and oxygen atoms in total. The first-order valence-corrected chi connectivity index (χ1v) is 5.98. The summed E-state index contributed by atoms with van der Waals surface area (Å²) in [6, 6.07) is 4.89. The maximum atomic E-state index is 10.8. The highest BCUT2D eigenvalue weighted by molar-refractivity contribution is 5.90. The number of phenolic OH excluding ortho intramolecular Hbond substituents is 1. The number of aromatic hydroxyl groups is 1. The number of benzene rings is 1. The van der Waals surface area contributed by atoms with Gasteiger partial charge in [-0.1, -0.05) is 19.4 Å². The molecular formula is C14H18O4. The topological polar surface area (TPSA) is 66.8 Å². The molecule has 4 heteroatoms. The summed E-state index contributed by atoms with van der Waals surface area (Å²) < 4.78 is 5.29. The lowest BCUT2D eigenvalue weighted by Gasteiger charge is -2.10. The number of carbonyl (C=O) groups is 1. The number of hydrogen-bond acceptors (Lipinski definition) is 3.